The van der Waals surface area contributed by atoms with Crippen LogP contribution >= 0.6 is 0 Å². The van der Waals surface area contributed by atoms with Crippen molar-refractivity contribution in [2.24, 2.45) is 17.3 Å². The van der Waals surface area contributed by atoms with Crippen molar-refractivity contribution < 1.29 is 23.8 Å². The van der Waals surface area contributed by atoms with Crippen LogP contribution in [0.3, 0.4) is 0 Å². The third-order valence-electron chi connectivity index (χ3n) is 6.64. The Labute approximate surface area is 208 Å². The number of carbonyl (C=O) groups is 1. The summed E-state index contributed by atoms with van der Waals surface area (Å²) in [7, 11) is 0. The van der Waals surface area contributed by atoms with Gasteiger partial charge in [-0.1, -0.05) is 76.2 Å². The van der Waals surface area contributed by atoms with Crippen molar-refractivity contribution in [1.29, 1.82) is 0 Å². The maximum Gasteiger partial charge on any atom is 0.331 e. The van der Waals surface area contributed by atoms with Gasteiger partial charge in [0.1, 0.15) is 11.8 Å². The van der Waals surface area contributed by atoms with Crippen molar-refractivity contribution in [3.8, 4) is 5.75 Å². The number of rotatable bonds is 6. The van der Waals surface area contributed by atoms with Gasteiger partial charge in [-0.2, -0.15) is 5.06 Å². The molecule has 0 aliphatic carbocycles. The molecule has 2 aliphatic heterocycles. The monoisotopic (exact) mass is 479 g/mol. The predicted octanol–water partition coefficient (Wildman–Crippen LogP) is 5.58. The second-order valence-electron chi connectivity index (χ2n) is 10.7. The van der Waals surface area contributed by atoms with Crippen LogP contribution in [0.2, 0.25) is 0 Å². The molecule has 0 spiro atoms. The van der Waals surface area contributed by atoms with Gasteiger partial charge in [0.05, 0.1) is 26.4 Å². The molecule has 4 rings (SSSR count). The molecular weight excluding hydrogens is 442 g/mol. The van der Waals surface area contributed by atoms with Gasteiger partial charge in [0, 0.05) is 16.9 Å². The van der Waals surface area contributed by atoms with E-state index in [1.807, 2.05) is 62.4 Å². The lowest BCUT2D eigenvalue weighted by Crippen LogP contribution is -2.43. The largest absolute Gasteiger partial charge is 0.465 e. The highest BCUT2D eigenvalue weighted by Gasteiger charge is 2.49. The number of hydrogen-bond donors (Lipinski definition) is 0. The molecule has 0 bridgehead atoms. The lowest BCUT2D eigenvalue weighted by atomic mass is 9.85. The minimum Gasteiger partial charge on any atom is -0.465 e. The van der Waals surface area contributed by atoms with Gasteiger partial charge < -0.3 is 14.2 Å². The average molecular weight is 480 g/mol. The molecule has 0 aromatic heterocycles. The summed E-state index contributed by atoms with van der Waals surface area (Å²) in [5.74, 6) is 0.773. The Balaban J connectivity index is 1.66. The van der Waals surface area contributed by atoms with Gasteiger partial charge in [-0.3, -0.25) is 4.84 Å². The van der Waals surface area contributed by atoms with E-state index in [0.29, 0.717) is 38.1 Å². The van der Waals surface area contributed by atoms with Gasteiger partial charge in [0.2, 0.25) is 0 Å². The first-order valence-corrected chi connectivity index (χ1v) is 12.4. The van der Waals surface area contributed by atoms with Crippen molar-refractivity contribution in [3.05, 3.63) is 76.7 Å². The molecule has 2 aromatic rings. The number of benzene rings is 2. The second-order valence-corrected chi connectivity index (χ2v) is 10.7. The Morgan fingerprint density at radius 1 is 1.03 bits per heavy atom. The fraction of sp³-hybridized carbons (Fsp3) is 0.483. The first-order chi connectivity index (χ1) is 16.7. The summed E-state index contributed by atoms with van der Waals surface area (Å²) in [5, 5.41) is 1.75. The second kappa shape index (κ2) is 10.4. The van der Waals surface area contributed by atoms with Crippen LogP contribution in [-0.2, 0) is 25.7 Å². The molecule has 2 aliphatic rings. The Morgan fingerprint density at radius 3 is 2.26 bits per heavy atom. The number of hydroxylamine groups is 2. The van der Waals surface area contributed by atoms with Crippen LogP contribution in [0.4, 0.5) is 0 Å². The van der Waals surface area contributed by atoms with E-state index in [0.717, 1.165) is 22.3 Å². The number of esters is 1. The van der Waals surface area contributed by atoms with E-state index in [2.05, 4.69) is 27.7 Å². The van der Waals surface area contributed by atoms with E-state index in [1.54, 1.807) is 5.06 Å². The predicted molar refractivity (Wildman–Crippen MR) is 134 cm³/mol. The summed E-state index contributed by atoms with van der Waals surface area (Å²) in [5.41, 5.74) is 3.78. The zero-order chi connectivity index (χ0) is 25.2. The quantitative estimate of drug-likeness (QED) is 0.398. The van der Waals surface area contributed by atoms with E-state index in [9.17, 15) is 4.79 Å². The molecule has 6 heteroatoms. The van der Waals surface area contributed by atoms with Gasteiger partial charge in [-0.05, 0) is 36.5 Å². The van der Waals surface area contributed by atoms with Crippen LogP contribution in [0.15, 0.2) is 60.0 Å². The molecule has 6 nitrogen and oxygen atoms in total. The molecule has 188 valence electrons. The van der Waals surface area contributed by atoms with Crippen LogP contribution in [0.5, 0.6) is 5.75 Å². The fourth-order valence-electron chi connectivity index (χ4n) is 4.74. The Bertz CT molecular complexity index is 1040. The normalized spacial score (nSPS) is 22.1. The third kappa shape index (κ3) is 5.71. The van der Waals surface area contributed by atoms with Gasteiger partial charge in [0.25, 0.3) is 5.95 Å². The highest BCUT2D eigenvalue weighted by Crippen LogP contribution is 2.40. The number of aryl methyl sites for hydroxylation is 2. The SMILES string of the molecule is Cc1cccc(C)c1OC(=O)[C@H]1[C@H](C(C)C)C(=C2OCC(C)(C)CO2)CN1OCc1ccccc1. The number of nitrogens with zero attached hydrogens (tertiary/aromatic N) is 1. The molecule has 0 radical (unpaired) electrons. The molecular formula is C29H37NO5. The lowest BCUT2D eigenvalue weighted by Gasteiger charge is -2.33. The van der Waals surface area contributed by atoms with E-state index in [-0.39, 0.29) is 23.2 Å². The summed E-state index contributed by atoms with van der Waals surface area (Å²) in [6.45, 7) is 14.3. The summed E-state index contributed by atoms with van der Waals surface area (Å²) in [6, 6.07) is 15.2. The zero-order valence-corrected chi connectivity index (χ0v) is 21.7. The number of ether oxygens (including phenoxy) is 3. The fourth-order valence-corrected chi connectivity index (χ4v) is 4.74. The smallest absolute Gasteiger partial charge is 0.331 e. The minimum atomic E-state index is -0.623. The van der Waals surface area contributed by atoms with Gasteiger partial charge in [0.15, 0.2) is 0 Å². The molecule has 2 heterocycles. The summed E-state index contributed by atoms with van der Waals surface area (Å²) < 4.78 is 18.2. The van der Waals surface area contributed by atoms with E-state index >= 15 is 0 Å². The molecule has 2 atom stereocenters. The first-order valence-electron chi connectivity index (χ1n) is 12.4. The Kier molecular flexibility index (Phi) is 7.53. The molecule has 0 N–H and O–H groups in total. The van der Waals surface area contributed by atoms with Crippen LogP contribution < -0.4 is 4.74 Å². The maximum atomic E-state index is 13.7. The highest BCUT2D eigenvalue weighted by atomic mass is 16.7. The molecule has 2 aromatic carbocycles. The van der Waals surface area contributed by atoms with Crippen molar-refractivity contribution in [1.82, 2.24) is 5.06 Å². The highest BCUT2D eigenvalue weighted by molar-refractivity contribution is 5.80. The van der Waals surface area contributed by atoms with Crippen molar-refractivity contribution >= 4 is 5.97 Å². The Morgan fingerprint density at radius 2 is 1.66 bits per heavy atom. The van der Waals surface area contributed by atoms with Crippen molar-refractivity contribution in [2.45, 2.75) is 54.2 Å². The van der Waals surface area contributed by atoms with Crippen LogP contribution in [0.1, 0.15) is 44.4 Å². The van der Waals surface area contributed by atoms with Crippen LogP contribution in [0, 0.1) is 31.1 Å². The maximum absolute atomic E-state index is 13.7. The zero-order valence-electron chi connectivity index (χ0n) is 21.7. The van der Waals surface area contributed by atoms with Crippen LogP contribution in [-0.4, -0.2) is 36.8 Å². The van der Waals surface area contributed by atoms with E-state index < -0.39 is 6.04 Å². The van der Waals surface area contributed by atoms with Gasteiger partial charge in [-0.25, -0.2) is 4.79 Å². The summed E-state index contributed by atoms with van der Waals surface area (Å²) in [6.07, 6.45) is 0. The number of hydrogen-bond acceptors (Lipinski definition) is 6. The summed E-state index contributed by atoms with van der Waals surface area (Å²) in [4.78, 5) is 20.0. The number of para-hydroxylation sites is 1. The molecule has 2 saturated heterocycles. The standard InChI is InChI=1S/C29H37NO5/c1-19(2)24-23(28-32-17-29(5,6)18-33-28)15-30(34-16-22-13-8-7-9-14-22)25(24)27(31)35-26-20(3)11-10-12-21(26)4/h7-14,19,24-25H,15-18H2,1-6H3/t24-,25-/m1/s1. The van der Waals surface area contributed by atoms with Gasteiger partial charge in [-0.15, -0.1) is 0 Å². The molecule has 0 amide bonds. The average Bonchev–Trinajstić information content (AvgIpc) is 3.21. The van der Waals surface area contributed by atoms with E-state index in [4.69, 9.17) is 19.0 Å². The van der Waals surface area contributed by atoms with Gasteiger partial charge >= 0.3 is 5.97 Å². The lowest BCUT2D eigenvalue weighted by molar-refractivity contribution is -0.195. The topological polar surface area (TPSA) is 57.2 Å². The first kappa shape index (κ1) is 25.3. The van der Waals surface area contributed by atoms with Crippen LogP contribution in [0.25, 0.3) is 0 Å². The molecule has 0 saturated carbocycles. The number of carbonyl (C=O) groups excluding carboxylic acids is 1. The summed E-state index contributed by atoms with van der Waals surface area (Å²) >= 11 is 0. The Hall–Kier alpha value is -2.83. The minimum absolute atomic E-state index is 0.0554. The molecule has 35 heavy (non-hydrogen) atoms. The molecule has 0 unspecified atom stereocenters. The van der Waals surface area contributed by atoms with Crippen molar-refractivity contribution in [2.75, 3.05) is 19.8 Å². The molecule has 2 fully saturated rings. The van der Waals surface area contributed by atoms with Crippen molar-refractivity contribution in [3.63, 3.8) is 0 Å². The third-order valence-corrected chi connectivity index (χ3v) is 6.64. The van der Waals surface area contributed by atoms with E-state index in [1.165, 1.54) is 0 Å².